The van der Waals surface area contributed by atoms with Gasteiger partial charge in [0.1, 0.15) is 12.2 Å². The van der Waals surface area contributed by atoms with E-state index in [0.29, 0.717) is 0 Å². The number of hydrogen-bond donors (Lipinski definition) is 15. The van der Waals surface area contributed by atoms with Crippen LogP contribution in [0.2, 0.25) is 0 Å². The molecule has 0 aromatic rings. The van der Waals surface area contributed by atoms with E-state index in [4.69, 9.17) is 88.4 Å². The van der Waals surface area contributed by atoms with Crippen LogP contribution >= 0.6 is 23.5 Å². The number of aliphatic hydroxyl groups excluding tert-OH is 4. The summed E-state index contributed by atoms with van der Waals surface area (Å²) in [5.74, 6) is -3.68. The molecule has 178 valence electrons. The Balaban J connectivity index is -0.000000171. The van der Waals surface area contributed by atoms with Crippen molar-refractivity contribution in [1.82, 2.24) is 0 Å². The first-order valence-electron chi connectivity index (χ1n) is 5.81. The minimum absolute atomic E-state index is 1.84. The van der Waals surface area contributed by atoms with Crippen LogP contribution in [0, 0.1) is 0 Å². The monoisotopic (exact) mass is 504 g/mol. The van der Waals surface area contributed by atoms with Crippen molar-refractivity contribution < 1.29 is 98.0 Å². The van der Waals surface area contributed by atoms with Gasteiger partial charge in [0.2, 0.25) is 0 Å². The van der Waals surface area contributed by atoms with Crippen LogP contribution in [0.25, 0.3) is 0 Å². The van der Waals surface area contributed by atoms with Crippen molar-refractivity contribution in [3.05, 3.63) is 0 Å². The minimum Gasteiger partial charge on any atom is -0.479 e. The summed E-state index contributed by atoms with van der Waals surface area (Å²) in [6.45, 7) is 0. The molecule has 0 unspecified atom stereocenters. The predicted octanol–water partition coefficient (Wildman–Crippen LogP) is -6.19. The second-order valence-electron chi connectivity index (χ2n) is 4.09. The molecule has 0 amide bonds. The highest BCUT2D eigenvalue weighted by Gasteiger charge is 2.37. The third-order valence-electron chi connectivity index (χ3n) is 1.50. The van der Waals surface area contributed by atoms with E-state index in [0.717, 1.165) is 0 Å². The second kappa shape index (κ2) is 15.0. The number of hydrogen-bond acceptors (Lipinski definition) is 9. The summed E-state index contributed by atoms with van der Waals surface area (Å²) < 4.78 is 26.6. The minimum atomic E-state index is -4.64. The first kappa shape index (κ1) is 35.5. The van der Waals surface area contributed by atoms with Crippen molar-refractivity contribution in [1.29, 1.82) is 0 Å². The van der Waals surface area contributed by atoms with Gasteiger partial charge in [0.05, 0.1) is 0 Å². The highest BCUT2D eigenvalue weighted by Crippen LogP contribution is 2.26. The van der Waals surface area contributed by atoms with Crippen LogP contribution in [0.1, 0.15) is 0 Å². The Morgan fingerprint density at radius 3 is 0.655 bits per heavy atom. The van der Waals surface area contributed by atoms with Crippen molar-refractivity contribution in [2.24, 2.45) is 0 Å². The number of rotatable bonds is 5. The summed E-state index contributed by atoms with van der Waals surface area (Å²) in [5.41, 5.74) is 0. The van der Waals surface area contributed by atoms with E-state index in [1.54, 1.807) is 0 Å². The SMILES string of the molecule is O=C(O)[C@@H](O)[C@@H](O)[C@H](O)[C@@H](O)C(=O)O.O=P(O)(O)O.O=P(O)(O)O.O=P(O)(O)O. The molecule has 0 aliphatic heterocycles. The molecular formula is C6H19O20P3. The Kier molecular flexibility index (Phi) is 18.4. The average molecular weight is 504 g/mol. The van der Waals surface area contributed by atoms with E-state index in [2.05, 4.69) is 0 Å². The van der Waals surface area contributed by atoms with Crippen LogP contribution in [0.15, 0.2) is 0 Å². The van der Waals surface area contributed by atoms with Crippen LogP contribution in [-0.2, 0) is 23.3 Å². The molecule has 0 saturated carbocycles. The molecule has 4 atom stereocenters. The maximum absolute atomic E-state index is 10.1. The van der Waals surface area contributed by atoms with E-state index in [9.17, 15) is 9.59 Å². The van der Waals surface area contributed by atoms with Gasteiger partial charge in [-0.3, -0.25) is 0 Å². The Hall–Kier alpha value is -0.890. The lowest BCUT2D eigenvalue weighted by atomic mass is 10.0. The smallest absolute Gasteiger partial charge is 0.466 e. The summed E-state index contributed by atoms with van der Waals surface area (Å²) in [6.07, 6.45) is -9.28. The number of phosphoric acid groups is 3. The standard InChI is InChI=1S/C6H10O8.3H3O4P/c7-1(3(9)5(11)12)2(8)4(10)6(13)14;3*1-5(2,3)4/h1-4,7-10H,(H,11,12)(H,13,14);3*(H3,1,2,3,4)/t1-,2-,3-,4+;;;/m0.../s1. The number of carboxylic acid groups (broad SMARTS) is 2. The fraction of sp³-hybridized carbons (Fsp3) is 0.667. The van der Waals surface area contributed by atoms with Gasteiger partial charge < -0.3 is 74.7 Å². The molecule has 0 fully saturated rings. The molecule has 0 aromatic heterocycles. The highest BCUT2D eigenvalue weighted by molar-refractivity contribution is 7.45. The lowest BCUT2D eigenvalue weighted by Gasteiger charge is -2.21. The third kappa shape index (κ3) is 46.8. The van der Waals surface area contributed by atoms with Crippen molar-refractivity contribution in [3.63, 3.8) is 0 Å². The van der Waals surface area contributed by atoms with Gasteiger partial charge in [0.25, 0.3) is 0 Å². The van der Waals surface area contributed by atoms with Gasteiger partial charge in [-0.25, -0.2) is 23.3 Å². The van der Waals surface area contributed by atoms with Gasteiger partial charge in [-0.05, 0) is 0 Å². The van der Waals surface area contributed by atoms with E-state index in [1.165, 1.54) is 0 Å². The summed E-state index contributed by atoms with van der Waals surface area (Å²) in [7, 11) is -13.9. The Labute approximate surface area is 158 Å². The van der Waals surface area contributed by atoms with Gasteiger partial charge >= 0.3 is 35.4 Å². The van der Waals surface area contributed by atoms with Crippen LogP contribution in [0.3, 0.4) is 0 Å². The van der Waals surface area contributed by atoms with Gasteiger partial charge in [0, 0.05) is 0 Å². The van der Waals surface area contributed by atoms with Crippen LogP contribution in [0.5, 0.6) is 0 Å². The fourth-order valence-corrected chi connectivity index (χ4v) is 0.666. The van der Waals surface area contributed by atoms with Crippen molar-refractivity contribution >= 4 is 35.4 Å². The predicted molar refractivity (Wildman–Crippen MR) is 82.1 cm³/mol. The molecule has 0 aromatic carbocycles. The maximum atomic E-state index is 10.1. The summed E-state index contributed by atoms with van der Waals surface area (Å²) in [6, 6.07) is 0. The van der Waals surface area contributed by atoms with Crippen molar-refractivity contribution in [2.45, 2.75) is 24.4 Å². The first-order chi connectivity index (χ1) is 12.3. The van der Waals surface area contributed by atoms with E-state index in [1.807, 2.05) is 0 Å². The Morgan fingerprint density at radius 1 is 0.483 bits per heavy atom. The largest absolute Gasteiger partial charge is 0.479 e. The average Bonchev–Trinajstić information content (AvgIpc) is 2.38. The van der Waals surface area contributed by atoms with Crippen LogP contribution in [0.4, 0.5) is 0 Å². The van der Waals surface area contributed by atoms with Gasteiger partial charge in [0.15, 0.2) is 12.2 Å². The molecule has 15 N–H and O–H groups in total. The quantitative estimate of drug-likeness (QED) is 0.155. The summed E-state index contributed by atoms with van der Waals surface area (Å²) >= 11 is 0. The van der Waals surface area contributed by atoms with E-state index in [-0.39, 0.29) is 0 Å². The highest BCUT2D eigenvalue weighted by atomic mass is 31.2. The molecule has 0 bridgehead atoms. The van der Waals surface area contributed by atoms with Crippen molar-refractivity contribution in [2.75, 3.05) is 0 Å². The third-order valence-corrected chi connectivity index (χ3v) is 1.50. The molecule has 20 nitrogen and oxygen atoms in total. The molecule has 0 aliphatic carbocycles. The molecule has 29 heavy (non-hydrogen) atoms. The lowest BCUT2D eigenvalue weighted by molar-refractivity contribution is -0.172. The number of carboxylic acids is 2. The van der Waals surface area contributed by atoms with E-state index < -0.39 is 59.8 Å². The van der Waals surface area contributed by atoms with Gasteiger partial charge in [-0.2, -0.15) is 0 Å². The van der Waals surface area contributed by atoms with Crippen LogP contribution < -0.4 is 0 Å². The normalized spacial score (nSPS) is 15.5. The molecular weight excluding hydrogens is 485 g/mol. The zero-order valence-electron chi connectivity index (χ0n) is 13.4. The lowest BCUT2D eigenvalue weighted by Crippen LogP contribution is -2.49. The number of carbonyl (C=O) groups is 2. The van der Waals surface area contributed by atoms with Crippen molar-refractivity contribution in [3.8, 4) is 0 Å². The second-order valence-corrected chi connectivity index (χ2v) is 7.17. The van der Waals surface area contributed by atoms with Gasteiger partial charge in [-0.1, -0.05) is 0 Å². The Morgan fingerprint density at radius 2 is 0.586 bits per heavy atom. The molecule has 0 aliphatic rings. The fourth-order valence-electron chi connectivity index (χ4n) is 0.666. The van der Waals surface area contributed by atoms with Crippen LogP contribution in [-0.4, -0.2) is 111 Å². The molecule has 0 spiro atoms. The maximum Gasteiger partial charge on any atom is 0.466 e. The van der Waals surface area contributed by atoms with E-state index >= 15 is 0 Å². The zero-order chi connectivity index (χ0) is 25.0. The topological polar surface area (TPSA) is 389 Å². The first-order valence-corrected chi connectivity index (χ1v) is 10.5. The zero-order valence-corrected chi connectivity index (χ0v) is 16.1. The Bertz CT molecular complexity index is 515. The molecule has 23 heteroatoms. The number of aliphatic carboxylic acids is 2. The van der Waals surface area contributed by atoms with Gasteiger partial charge in [-0.15, -0.1) is 0 Å². The molecule has 0 heterocycles. The number of aliphatic hydroxyl groups is 4. The molecule has 0 radical (unpaired) electrons. The summed E-state index contributed by atoms with van der Waals surface area (Å²) in [5, 5.41) is 51.5. The molecule has 0 rings (SSSR count). The molecule has 0 saturated heterocycles. The summed E-state index contributed by atoms with van der Waals surface area (Å²) in [4.78, 5) is 84.9.